The molecule has 144 valence electrons. The van der Waals surface area contributed by atoms with Gasteiger partial charge in [0, 0.05) is 17.6 Å². The maximum absolute atomic E-state index is 12.9. The molecule has 0 unspecified atom stereocenters. The van der Waals surface area contributed by atoms with Crippen molar-refractivity contribution in [1.29, 1.82) is 0 Å². The van der Waals surface area contributed by atoms with Crippen molar-refractivity contribution in [2.24, 2.45) is 0 Å². The van der Waals surface area contributed by atoms with Gasteiger partial charge in [0.2, 0.25) is 5.78 Å². The van der Waals surface area contributed by atoms with E-state index in [1.807, 2.05) is 13.0 Å². The Balaban J connectivity index is 1.63. The number of hydrogen-bond donors (Lipinski definition) is 1. The minimum Gasteiger partial charge on any atom is -0.508 e. The van der Waals surface area contributed by atoms with E-state index in [1.54, 1.807) is 48.5 Å². The zero-order valence-corrected chi connectivity index (χ0v) is 15.5. The standard InChI is InChI=1S/C23H16O6/c1-12-5-6-15(27-12)10-19-22(26)16-7-8-18-21(23(16)29-19)17(11-20(25)28-18)13-3-2-4-14(24)9-13/h2-10,17,24H,11H2,1H3/b19-10-/t17-/m1/s1. The molecule has 3 aromatic rings. The fourth-order valence-electron chi connectivity index (χ4n) is 3.79. The number of ether oxygens (including phenoxy) is 2. The summed E-state index contributed by atoms with van der Waals surface area (Å²) in [6.45, 7) is 1.82. The molecule has 2 aliphatic rings. The molecule has 0 aliphatic carbocycles. The fourth-order valence-corrected chi connectivity index (χ4v) is 3.79. The predicted octanol–water partition coefficient (Wildman–Crippen LogP) is 4.35. The van der Waals surface area contributed by atoms with E-state index in [0.29, 0.717) is 28.4 Å². The molecule has 0 bridgehead atoms. The molecule has 6 heteroatoms. The molecule has 1 atom stereocenters. The molecule has 0 saturated carbocycles. The van der Waals surface area contributed by atoms with Gasteiger partial charge >= 0.3 is 5.97 Å². The van der Waals surface area contributed by atoms with Gasteiger partial charge in [-0.05, 0) is 48.9 Å². The Morgan fingerprint density at radius 2 is 1.93 bits per heavy atom. The third-order valence-corrected chi connectivity index (χ3v) is 5.09. The quantitative estimate of drug-likeness (QED) is 0.399. The van der Waals surface area contributed by atoms with Crippen molar-refractivity contribution in [2.45, 2.75) is 19.3 Å². The maximum Gasteiger partial charge on any atom is 0.312 e. The number of hydrogen-bond acceptors (Lipinski definition) is 6. The molecule has 0 radical (unpaired) electrons. The molecule has 0 fully saturated rings. The highest BCUT2D eigenvalue weighted by molar-refractivity contribution is 6.15. The van der Waals surface area contributed by atoms with E-state index in [0.717, 1.165) is 11.3 Å². The predicted molar refractivity (Wildman–Crippen MR) is 103 cm³/mol. The van der Waals surface area contributed by atoms with E-state index >= 15 is 0 Å². The largest absolute Gasteiger partial charge is 0.508 e. The van der Waals surface area contributed by atoms with E-state index in [4.69, 9.17) is 13.9 Å². The number of aromatic hydroxyl groups is 1. The third kappa shape index (κ3) is 2.89. The van der Waals surface area contributed by atoms with Crippen molar-refractivity contribution in [3.05, 3.63) is 82.5 Å². The van der Waals surface area contributed by atoms with Gasteiger partial charge < -0.3 is 19.0 Å². The first-order valence-electron chi connectivity index (χ1n) is 9.17. The van der Waals surface area contributed by atoms with Crippen LogP contribution in [0.15, 0.2) is 58.7 Å². The molecule has 3 heterocycles. The Bertz CT molecular complexity index is 1200. The Labute approximate surface area is 166 Å². The van der Waals surface area contributed by atoms with Crippen molar-refractivity contribution in [1.82, 2.24) is 0 Å². The van der Waals surface area contributed by atoms with E-state index in [2.05, 4.69) is 0 Å². The number of phenols is 1. The van der Waals surface area contributed by atoms with Crippen LogP contribution in [0.1, 0.15) is 45.3 Å². The molecule has 2 aliphatic heterocycles. The number of benzene rings is 2. The highest BCUT2D eigenvalue weighted by atomic mass is 16.5. The van der Waals surface area contributed by atoms with Crippen LogP contribution < -0.4 is 9.47 Å². The van der Waals surface area contributed by atoms with Crippen molar-refractivity contribution < 1.29 is 28.6 Å². The van der Waals surface area contributed by atoms with Crippen molar-refractivity contribution >= 4 is 17.8 Å². The second-order valence-corrected chi connectivity index (χ2v) is 7.07. The molecule has 1 aromatic heterocycles. The molecule has 29 heavy (non-hydrogen) atoms. The van der Waals surface area contributed by atoms with Gasteiger partial charge in [-0.2, -0.15) is 0 Å². The Hall–Kier alpha value is -3.80. The van der Waals surface area contributed by atoms with Crippen LogP contribution in [0.5, 0.6) is 17.2 Å². The molecule has 5 rings (SSSR count). The third-order valence-electron chi connectivity index (χ3n) is 5.09. The number of rotatable bonds is 2. The van der Waals surface area contributed by atoms with Gasteiger partial charge in [0.15, 0.2) is 5.76 Å². The van der Waals surface area contributed by atoms with E-state index in [9.17, 15) is 14.7 Å². The summed E-state index contributed by atoms with van der Waals surface area (Å²) in [5, 5.41) is 9.88. The highest BCUT2D eigenvalue weighted by Crippen LogP contribution is 2.49. The normalized spacial score (nSPS) is 18.9. The van der Waals surface area contributed by atoms with Gasteiger partial charge in [0.1, 0.15) is 28.8 Å². The number of furan rings is 1. The van der Waals surface area contributed by atoms with Crippen LogP contribution >= 0.6 is 0 Å². The number of allylic oxidation sites excluding steroid dienone is 1. The first-order valence-corrected chi connectivity index (χ1v) is 9.17. The topological polar surface area (TPSA) is 86.0 Å². The summed E-state index contributed by atoms with van der Waals surface area (Å²) in [7, 11) is 0. The molecule has 0 spiro atoms. The van der Waals surface area contributed by atoms with Gasteiger partial charge in [0.25, 0.3) is 0 Å². The lowest BCUT2D eigenvalue weighted by atomic mass is 9.84. The van der Waals surface area contributed by atoms with Crippen LogP contribution in [0.2, 0.25) is 0 Å². The van der Waals surface area contributed by atoms with Crippen molar-refractivity contribution in [3.8, 4) is 17.2 Å². The molecular formula is C23H16O6. The smallest absolute Gasteiger partial charge is 0.312 e. The lowest BCUT2D eigenvalue weighted by Gasteiger charge is -2.26. The molecule has 2 aromatic carbocycles. The lowest BCUT2D eigenvalue weighted by molar-refractivity contribution is -0.135. The average molecular weight is 388 g/mol. The summed E-state index contributed by atoms with van der Waals surface area (Å²) in [4.78, 5) is 25.0. The van der Waals surface area contributed by atoms with Gasteiger partial charge in [-0.3, -0.25) is 9.59 Å². The van der Waals surface area contributed by atoms with Gasteiger partial charge in [-0.1, -0.05) is 12.1 Å². The fraction of sp³-hybridized carbons (Fsp3) is 0.130. The first kappa shape index (κ1) is 17.3. The SMILES string of the molecule is Cc1ccc(/C=C2\Oc3c(ccc4c3[C@@H](c3cccc(O)c3)CC(=O)O4)C2=O)o1. The molecule has 1 N–H and O–H groups in total. The summed E-state index contributed by atoms with van der Waals surface area (Å²) < 4.78 is 16.9. The molecule has 0 amide bonds. The van der Waals surface area contributed by atoms with E-state index < -0.39 is 5.92 Å². The average Bonchev–Trinajstić information content (AvgIpc) is 3.24. The number of carbonyl (C=O) groups is 2. The van der Waals surface area contributed by atoms with Crippen LogP contribution in [-0.4, -0.2) is 16.9 Å². The van der Waals surface area contributed by atoms with E-state index in [1.165, 1.54) is 0 Å². The molecule has 0 saturated heterocycles. The number of aryl methyl sites for hydroxylation is 1. The Kier molecular flexibility index (Phi) is 3.81. The van der Waals surface area contributed by atoms with Crippen LogP contribution in [0, 0.1) is 6.92 Å². The van der Waals surface area contributed by atoms with Crippen LogP contribution in [0.3, 0.4) is 0 Å². The van der Waals surface area contributed by atoms with Gasteiger partial charge in [0.05, 0.1) is 12.0 Å². The first-order chi connectivity index (χ1) is 14.0. The van der Waals surface area contributed by atoms with Crippen LogP contribution in [0.25, 0.3) is 6.08 Å². The van der Waals surface area contributed by atoms with Crippen molar-refractivity contribution in [3.63, 3.8) is 0 Å². The minimum atomic E-state index is -0.397. The second kappa shape index (κ2) is 6.38. The zero-order chi connectivity index (χ0) is 20.1. The van der Waals surface area contributed by atoms with E-state index in [-0.39, 0.29) is 29.7 Å². The number of ketones is 1. The van der Waals surface area contributed by atoms with Crippen molar-refractivity contribution in [2.75, 3.05) is 0 Å². The second-order valence-electron chi connectivity index (χ2n) is 7.07. The highest BCUT2D eigenvalue weighted by Gasteiger charge is 2.38. The molecular weight excluding hydrogens is 372 g/mol. The number of phenolic OH excluding ortho intramolecular Hbond substituents is 1. The lowest BCUT2D eigenvalue weighted by Crippen LogP contribution is -2.21. The number of fused-ring (bicyclic) bond motifs is 3. The Morgan fingerprint density at radius 3 is 2.69 bits per heavy atom. The number of esters is 1. The number of carbonyl (C=O) groups excluding carboxylic acids is 2. The summed E-state index contributed by atoms with van der Waals surface area (Å²) in [5.74, 6) is 1.19. The summed E-state index contributed by atoms with van der Waals surface area (Å²) >= 11 is 0. The van der Waals surface area contributed by atoms with Gasteiger partial charge in [-0.25, -0.2) is 0 Å². The zero-order valence-electron chi connectivity index (χ0n) is 15.5. The summed E-state index contributed by atoms with van der Waals surface area (Å²) in [5.41, 5.74) is 1.77. The molecule has 6 nitrogen and oxygen atoms in total. The van der Waals surface area contributed by atoms with Gasteiger partial charge in [-0.15, -0.1) is 0 Å². The maximum atomic E-state index is 12.9. The minimum absolute atomic E-state index is 0.0842. The monoisotopic (exact) mass is 388 g/mol. The summed E-state index contributed by atoms with van der Waals surface area (Å²) in [6, 6.07) is 13.5. The summed E-state index contributed by atoms with van der Waals surface area (Å²) in [6.07, 6.45) is 1.64. The van der Waals surface area contributed by atoms with Crippen LogP contribution in [0.4, 0.5) is 0 Å². The Morgan fingerprint density at radius 1 is 1.07 bits per heavy atom. The van der Waals surface area contributed by atoms with Crippen LogP contribution in [-0.2, 0) is 4.79 Å². The number of Topliss-reactive ketones (excluding diaryl/α,β-unsaturated/α-hetero) is 1.